The molecule has 3 aliphatic heterocycles. The van der Waals surface area contributed by atoms with E-state index in [1.807, 2.05) is 18.2 Å². The van der Waals surface area contributed by atoms with Crippen molar-refractivity contribution in [1.29, 1.82) is 0 Å². The summed E-state index contributed by atoms with van der Waals surface area (Å²) in [5.74, 6) is 0.167. The highest BCUT2D eigenvalue weighted by Crippen LogP contribution is 2.34. The lowest BCUT2D eigenvalue weighted by Gasteiger charge is -2.32. The molecule has 3 aliphatic rings. The van der Waals surface area contributed by atoms with Gasteiger partial charge in [-0.05, 0) is 73.2 Å². The number of carbonyl (C=O) groups excluding carboxylic acids is 3. The highest BCUT2D eigenvalue weighted by atomic mass is 35.5. The number of nitrogens with zero attached hydrogens (tertiary/aromatic N) is 4. The van der Waals surface area contributed by atoms with Gasteiger partial charge in [0.2, 0.25) is 17.8 Å². The van der Waals surface area contributed by atoms with Gasteiger partial charge in [0.25, 0.3) is 5.91 Å². The number of aromatic nitrogens is 2. The van der Waals surface area contributed by atoms with Crippen LogP contribution in [0.1, 0.15) is 58.6 Å². The van der Waals surface area contributed by atoms with Gasteiger partial charge >= 0.3 is 0 Å². The van der Waals surface area contributed by atoms with E-state index in [2.05, 4.69) is 49.8 Å². The molecule has 200 valence electrons. The van der Waals surface area contributed by atoms with E-state index in [1.165, 1.54) is 11.1 Å². The number of halogens is 1. The quantitative estimate of drug-likeness (QED) is 0.451. The van der Waals surface area contributed by atoms with Crippen LogP contribution in [0.25, 0.3) is 0 Å². The minimum absolute atomic E-state index is 0.125. The molecule has 3 aromatic rings. The van der Waals surface area contributed by atoms with E-state index in [0.717, 1.165) is 43.7 Å². The first-order valence-electron chi connectivity index (χ1n) is 13.3. The summed E-state index contributed by atoms with van der Waals surface area (Å²) in [7, 11) is 0. The number of anilines is 2. The van der Waals surface area contributed by atoms with Crippen molar-refractivity contribution in [1.82, 2.24) is 25.1 Å². The zero-order valence-corrected chi connectivity index (χ0v) is 22.2. The fourth-order valence-corrected chi connectivity index (χ4v) is 5.88. The molecule has 0 saturated carbocycles. The molecule has 9 nitrogen and oxygen atoms in total. The zero-order chi connectivity index (χ0) is 26.9. The molecule has 4 heterocycles. The van der Waals surface area contributed by atoms with Crippen LogP contribution in [0, 0.1) is 0 Å². The van der Waals surface area contributed by atoms with Gasteiger partial charge in [-0.2, -0.15) is 0 Å². The van der Waals surface area contributed by atoms with Crippen LogP contribution in [0.5, 0.6) is 0 Å². The highest BCUT2D eigenvalue weighted by Gasteiger charge is 2.39. The maximum atomic E-state index is 13.0. The fraction of sp³-hybridized carbons (Fsp3) is 0.345. The summed E-state index contributed by atoms with van der Waals surface area (Å²) in [6, 6.07) is 13.8. The second kappa shape index (κ2) is 10.7. The Labute approximate surface area is 231 Å². The Kier molecular flexibility index (Phi) is 7.01. The van der Waals surface area contributed by atoms with E-state index >= 15 is 0 Å². The van der Waals surface area contributed by atoms with Crippen molar-refractivity contribution in [3.8, 4) is 0 Å². The van der Waals surface area contributed by atoms with Crippen LogP contribution < -0.4 is 10.6 Å². The van der Waals surface area contributed by atoms with Crippen molar-refractivity contribution < 1.29 is 14.4 Å². The van der Waals surface area contributed by atoms with Gasteiger partial charge in [0.1, 0.15) is 6.04 Å². The van der Waals surface area contributed by atoms with Gasteiger partial charge in [0, 0.05) is 30.8 Å². The van der Waals surface area contributed by atoms with Crippen molar-refractivity contribution in [2.75, 3.05) is 18.4 Å². The van der Waals surface area contributed by atoms with E-state index < -0.39 is 6.04 Å². The van der Waals surface area contributed by atoms with Gasteiger partial charge in [-0.25, -0.2) is 9.97 Å². The van der Waals surface area contributed by atoms with Crippen LogP contribution in [0.15, 0.2) is 54.9 Å². The lowest BCUT2D eigenvalue weighted by molar-refractivity contribution is -0.136. The number of fused-ring (bicyclic) bond motifs is 1. The molecule has 0 spiro atoms. The molecular formula is C29H29ClN6O3. The number of likely N-dealkylation sites (tertiary alicyclic amines) is 1. The molecule has 3 amide bonds. The molecule has 1 unspecified atom stereocenters. The lowest BCUT2D eigenvalue weighted by atomic mass is 9.87. The normalized spacial score (nSPS) is 20.2. The number of piperidine rings is 2. The van der Waals surface area contributed by atoms with Crippen LogP contribution in [-0.2, 0) is 22.7 Å². The average molecular weight is 545 g/mol. The minimum Gasteiger partial charge on any atom is -0.324 e. The summed E-state index contributed by atoms with van der Waals surface area (Å²) >= 11 is 5.88. The molecule has 0 bridgehead atoms. The van der Waals surface area contributed by atoms with Gasteiger partial charge in [-0.15, -0.1) is 0 Å². The summed E-state index contributed by atoms with van der Waals surface area (Å²) in [6.45, 7) is 3.25. The van der Waals surface area contributed by atoms with Crippen molar-refractivity contribution in [3.05, 3.63) is 82.1 Å². The molecular weight excluding hydrogens is 516 g/mol. The maximum absolute atomic E-state index is 13.0. The van der Waals surface area contributed by atoms with Crippen molar-refractivity contribution in [2.24, 2.45) is 0 Å². The lowest BCUT2D eigenvalue weighted by Crippen LogP contribution is -2.52. The van der Waals surface area contributed by atoms with Gasteiger partial charge in [-0.1, -0.05) is 35.9 Å². The molecule has 39 heavy (non-hydrogen) atoms. The third-order valence-corrected chi connectivity index (χ3v) is 8.01. The largest absolute Gasteiger partial charge is 0.324 e. The summed E-state index contributed by atoms with van der Waals surface area (Å²) in [4.78, 5) is 49.3. The number of imide groups is 1. The third-order valence-electron chi connectivity index (χ3n) is 7.82. The Balaban J connectivity index is 1.05. The summed E-state index contributed by atoms with van der Waals surface area (Å²) in [5, 5.41) is 6.09. The number of benzene rings is 2. The summed E-state index contributed by atoms with van der Waals surface area (Å²) < 4.78 is 0. The Morgan fingerprint density at radius 1 is 1.00 bits per heavy atom. The van der Waals surface area contributed by atoms with Gasteiger partial charge in [0.05, 0.1) is 17.4 Å². The van der Waals surface area contributed by atoms with E-state index in [-0.39, 0.29) is 24.1 Å². The first kappa shape index (κ1) is 25.5. The topological polar surface area (TPSA) is 108 Å². The third kappa shape index (κ3) is 5.51. The number of hydrogen-bond donors (Lipinski definition) is 2. The SMILES string of the molecule is O=C1CCC(N2Cc3cc(C4CCN(Cc5cccc(Nc6ncc(Cl)cn6)c5)CC4)ccc3C2=O)C(=O)N1. The van der Waals surface area contributed by atoms with Gasteiger partial charge in [-0.3, -0.25) is 24.6 Å². The second-order valence-corrected chi connectivity index (χ2v) is 10.9. The molecule has 0 aliphatic carbocycles. The highest BCUT2D eigenvalue weighted by molar-refractivity contribution is 6.30. The Morgan fingerprint density at radius 3 is 2.56 bits per heavy atom. The predicted molar refractivity (Wildman–Crippen MR) is 147 cm³/mol. The van der Waals surface area contributed by atoms with Crippen molar-refractivity contribution in [3.63, 3.8) is 0 Å². The average Bonchev–Trinajstić information content (AvgIpc) is 3.26. The number of amides is 3. The number of rotatable bonds is 6. The van der Waals surface area contributed by atoms with Crippen LogP contribution >= 0.6 is 11.6 Å². The number of carbonyl (C=O) groups is 3. The first-order chi connectivity index (χ1) is 18.9. The van der Waals surface area contributed by atoms with Crippen molar-refractivity contribution in [2.45, 2.75) is 50.7 Å². The van der Waals surface area contributed by atoms with Crippen molar-refractivity contribution >= 4 is 41.0 Å². The van der Waals surface area contributed by atoms with E-state index in [9.17, 15) is 14.4 Å². The Bertz CT molecular complexity index is 1420. The van der Waals surface area contributed by atoms with Crippen LogP contribution in [0.2, 0.25) is 5.02 Å². The summed E-state index contributed by atoms with van der Waals surface area (Å²) in [5.41, 5.74) is 5.04. The number of hydrogen-bond acceptors (Lipinski definition) is 7. The van der Waals surface area contributed by atoms with Gasteiger partial charge < -0.3 is 10.2 Å². The van der Waals surface area contributed by atoms with Gasteiger partial charge in [0.15, 0.2) is 0 Å². The molecule has 2 fully saturated rings. The Hall–Kier alpha value is -3.82. The van der Waals surface area contributed by atoms with E-state index in [1.54, 1.807) is 17.3 Å². The van der Waals surface area contributed by atoms with E-state index in [4.69, 9.17) is 11.6 Å². The van der Waals surface area contributed by atoms with E-state index in [0.29, 0.717) is 35.4 Å². The maximum Gasteiger partial charge on any atom is 0.255 e. The monoisotopic (exact) mass is 544 g/mol. The molecule has 1 atom stereocenters. The van der Waals surface area contributed by atoms with Crippen LogP contribution in [-0.4, -0.2) is 56.6 Å². The Morgan fingerprint density at radius 2 is 1.79 bits per heavy atom. The minimum atomic E-state index is -0.582. The predicted octanol–water partition coefficient (Wildman–Crippen LogP) is 4.01. The molecule has 2 aromatic carbocycles. The summed E-state index contributed by atoms with van der Waals surface area (Å²) in [6.07, 6.45) is 5.86. The molecule has 0 radical (unpaired) electrons. The molecule has 10 heteroatoms. The van der Waals surface area contributed by atoms with Crippen LogP contribution in [0.4, 0.5) is 11.6 Å². The first-order valence-corrected chi connectivity index (χ1v) is 13.6. The molecule has 6 rings (SSSR count). The smallest absolute Gasteiger partial charge is 0.255 e. The number of nitrogens with one attached hydrogen (secondary N) is 2. The molecule has 2 N–H and O–H groups in total. The molecule has 2 saturated heterocycles. The second-order valence-electron chi connectivity index (χ2n) is 10.4. The fourth-order valence-electron chi connectivity index (χ4n) is 5.78. The zero-order valence-electron chi connectivity index (χ0n) is 21.4. The van der Waals surface area contributed by atoms with Crippen LogP contribution in [0.3, 0.4) is 0 Å². The molecule has 1 aromatic heterocycles. The standard InChI is InChI=1S/C29H29ClN6O3/c30-22-14-31-29(32-15-22)33-23-3-1-2-18(12-23)16-35-10-8-19(9-11-35)20-4-5-24-21(13-20)17-36(28(24)39)25-6-7-26(37)34-27(25)38/h1-5,12-15,19,25H,6-11,16-17H2,(H,31,32,33)(H,34,37,38).